The zero-order valence-corrected chi connectivity index (χ0v) is 10.5. The van der Waals surface area contributed by atoms with Gasteiger partial charge in [-0.05, 0) is 30.2 Å². The fourth-order valence-corrected chi connectivity index (χ4v) is 1.74. The van der Waals surface area contributed by atoms with Gasteiger partial charge in [0.2, 0.25) is 0 Å². The third kappa shape index (κ3) is 2.26. The lowest BCUT2D eigenvalue weighted by atomic mass is 10.1. The Morgan fingerprint density at radius 3 is 2.89 bits per heavy atom. The van der Waals surface area contributed by atoms with E-state index in [-0.39, 0.29) is 5.91 Å². The number of aryl methyl sites for hydroxylation is 1. The maximum absolute atomic E-state index is 11.5. The Balaban J connectivity index is 2.42. The minimum atomic E-state index is -0.193. The summed E-state index contributed by atoms with van der Waals surface area (Å²) in [5, 5.41) is 6.80. The van der Waals surface area contributed by atoms with E-state index in [0.717, 1.165) is 16.8 Å². The second-order valence-corrected chi connectivity index (χ2v) is 4.05. The molecule has 2 aromatic rings. The predicted octanol–water partition coefficient (Wildman–Crippen LogP) is 0.999. The molecule has 1 heterocycles. The van der Waals surface area contributed by atoms with Gasteiger partial charge in [-0.3, -0.25) is 4.79 Å². The molecule has 0 aliphatic rings. The third-order valence-electron chi connectivity index (χ3n) is 2.80. The number of hydrogen-bond acceptors (Lipinski definition) is 3. The van der Waals surface area contributed by atoms with Crippen molar-refractivity contribution in [2.24, 2.45) is 5.73 Å². The van der Waals surface area contributed by atoms with Crippen molar-refractivity contribution in [2.45, 2.75) is 13.5 Å². The molecule has 94 valence electrons. The van der Waals surface area contributed by atoms with Gasteiger partial charge in [0, 0.05) is 19.8 Å². The summed E-state index contributed by atoms with van der Waals surface area (Å²) in [4.78, 5) is 11.5. The fraction of sp³-hybridized carbons (Fsp3) is 0.231. The molecular formula is C13H16N4O. The van der Waals surface area contributed by atoms with Gasteiger partial charge in [-0.25, -0.2) is 4.68 Å². The van der Waals surface area contributed by atoms with Gasteiger partial charge in [0.25, 0.3) is 5.91 Å². The lowest BCUT2D eigenvalue weighted by Crippen LogP contribution is -2.18. The van der Waals surface area contributed by atoms with Gasteiger partial charge in [-0.1, -0.05) is 12.1 Å². The predicted molar refractivity (Wildman–Crippen MR) is 69.6 cm³/mol. The van der Waals surface area contributed by atoms with Gasteiger partial charge in [0.1, 0.15) is 0 Å². The second-order valence-electron chi connectivity index (χ2n) is 4.05. The maximum atomic E-state index is 11.5. The molecule has 0 saturated heterocycles. The van der Waals surface area contributed by atoms with Gasteiger partial charge in [0.05, 0.1) is 5.69 Å². The number of rotatable bonds is 3. The number of hydrogen-bond donors (Lipinski definition) is 2. The number of carbonyl (C=O) groups is 1. The molecule has 3 N–H and O–H groups in total. The van der Waals surface area contributed by atoms with E-state index >= 15 is 0 Å². The molecule has 5 nitrogen and oxygen atoms in total. The molecule has 2 rings (SSSR count). The van der Waals surface area contributed by atoms with E-state index in [4.69, 9.17) is 5.73 Å². The Hall–Kier alpha value is -2.14. The molecule has 0 radical (unpaired) electrons. The quantitative estimate of drug-likeness (QED) is 0.846. The highest BCUT2D eigenvalue weighted by atomic mass is 16.1. The third-order valence-corrected chi connectivity index (χ3v) is 2.80. The minimum Gasteiger partial charge on any atom is -0.354 e. The highest BCUT2D eigenvalue weighted by Gasteiger charge is 2.09. The van der Waals surface area contributed by atoms with Crippen molar-refractivity contribution in [2.75, 3.05) is 7.05 Å². The average molecular weight is 244 g/mol. The molecule has 0 spiro atoms. The smallest absolute Gasteiger partial charge is 0.271 e. The lowest BCUT2D eigenvalue weighted by molar-refractivity contribution is 0.0957. The summed E-state index contributed by atoms with van der Waals surface area (Å²) in [5.41, 5.74) is 9.08. The minimum absolute atomic E-state index is 0.193. The summed E-state index contributed by atoms with van der Waals surface area (Å²) in [6, 6.07) is 7.66. The summed E-state index contributed by atoms with van der Waals surface area (Å²) >= 11 is 0. The van der Waals surface area contributed by atoms with Crippen LogP contribution in [0.5, 0.6) is 0 Å². The molecule has 0 fully saturated rings. The van der Waals surface area contributed by atoms with E-state index < -0.39 is 0 Å². The molecule has 0 aliphatic heterocycles. The standard InChI is InChI=1S/C13H16N4O/c1-9-3-4-10(8-14)7-12(9)17-6-5-11(16-17)13(18)15-2/h3-7H,8,14H2,1-2H3,(H,15,18). The molecule has 1 amide bonds. The van der Waals surface area contributed by atoms with E-state index in [2.05, 4.69) is 10.4 Å². The highest BCUT2D eigenvalue weighted by molar-refractivity contribution is 5.91. The van der Waals surface area contributed by atoms with Crippen LogP contribution in [-0.2, 0) is 6.54 Å². The first-order valence-corrected chi connectivity index (χ1v) is 5.73. The van der Waals surface area contributed by atoms with Gasteiger partial charge in [-0.2, -0.15) is 5.10 Å². The van der Waals surface area contributed by atoms with Crippen LogP contribution in [-0.4, -0.2) is 22.7 Å². The van der Waals surface area contributed by atoms with Crippen LogP contribution < -0.4 is 11.1 Å². The van der Waals surface area contributed by atoms with Crippen molar-refractivity contribution in [3.63, 3.8) is 0 Å². The van der Waals surface area contributed by atoms with Crippen LogP contribution in [0.15, 0.2) is 30.5 Å². The largest absolute Gasteiger partial charge is 0.354 e. The highest BCUT2D eigenvalue weighted by Crippen LogP contribution is 2.15. The maximum Gasteiger partial charge on any atom is 0.271 e. The van der Waals surface area contributed by atoms with Crippen LogP contribution in [0.1, 0.15) is 21.6 Å². The zero-order chi connectivity index (χ0) is 13.1. The molecule has 0 aliphatic carbocycles. The van der Waals surface area contributed by atoms with E-state index in [0.29, 0.717) is 12.2 Å². The van der Waals surface area contributed by atoms with Crippen LogP contribution in [0.2, 0.25) is 0 Å². The second kappa shape index (κ2) is 5.01. The molecule has 0 saturated carbocycles. The summed E-state index contributed by atoms with van der Waals surface area (Å²) in [5.74, 6) is -0.193. The molecule has 0 atom stereocenters. The molecule has 1 aromatic heterocycles. The molecule has 18 heavy (non-hydrogen) atoms. The van der Waals surface area contributed by atoms with E-state index in [1.54, 1.807) is 24.0 Å². The van der Waals surface area contributed by atoms with Crippen LogP contribution in [0.3, 0.4) is 0 Å². The first-order valence-electron chi connectivity index (χ1n) is 5.73. The molecule has 0 unspecified atom stereocenters. The normalized spacial score (nSPS) is 10.4. The van der Waals surface area contributed by atoms with Crippen molar-refractivity contribution in [3.8, 4) is 5.69 Å². The van der Waals surface area contributed by atoms with Crippen molar-refractivity contribution in [3.05, 3.63) is 47.3 Å². The Labute approximate surface area is 106 Å². The number of nitrogens with two attached hydrogens (primary N) is 1. The Bertz CT molecular complexity index is 574. The number of nitrogens with zero attached hydrogens (tertiary/aromatic N) is 2. The number of amides is 1. The average Bonchev–Trinajstić information content (AvgIpc) is 2.88. The summed E-state index contributed by atoms with van der Waals surface area (Å²) < 4.78 is 1.69. The first kappa shape index (κ1) is 12.3. The van der Waals surface area contributed by atoms with Gasteiger partial charge in [-0.15, -0.1) is 0 Å². The molecule has 1 aromatic carbocycles. The van der Waals surface area contributed by atoms with Crippen LogP contribution in [0.25, 0.3) is 5.69 Å². The zero-order valence-electron chi connectivity index (χ0n) is 10.5. The van der Waals surface area contributed by atoms with E-state index in [1.807, 2.05) is 25.1 Å². The molecule has 5 heteroatoms. The van der Waals surface area contributed by atoms with Crippen molar-refractivity contribution in [1.29, 1.82) is 0 Å². The molecular weight excluding hydrogens is 228 g/mol. The Morgan fingerprint density at radius 2 is 2.22 bits per heavy atom. The van der Waals surface area contributed by atoms with Crippen molar-refractivity contribution in [1.82, 2.24) is 15.1 Å². The van der Waals surface area contributed by atoms with E-state index in [1.165, 1.54) is 0 Å². The summed E-state index contributed by atoms with van der Waals surface area (Å²) in [7, 11) is 1.58. The van der Waals surface area contributed by atoms with Gasteiger partial charge >= 0.3 is 0 Å². The topological polar surface area (TPSA) is 72.9 Å². The monoisotopic (exact) mass is 244 g/mol. The number of carbonyl (C=O) groups excluding carboxylic acids is 1. The summed E-state index contributed by atoms with van der Waals surface area (Å²) in [6.07, 6.45) is 1.77. The molecule has 0 bridgehead atoms. The SMILES string of the molecule is CNC(=O)c1ccn(-c2cc(CN)ccc2C)n1. The first-order chi connectivity index (χ1) is 8.65. The Morgan fingerprint density at radius 1 is 1.44 bits per heavy atom. The summed E-state index contributed by atoms with van der Waals surface area (Å²) in [6.45, 7) is 2.48. The Kier molecular flexibility index (Phi) is 3.43. The number of aromatic nitrogens is 2. The van der Waals surface area contributed by atoms with Gasteiger partial charge < -0.3 is 11.1 Å². The number of benzene rings is 1. The van der Waals surface area contributed by atoms with Crippen molar-refractivity contribution < 1.29 is 4.79 Å². The van der Waals surface area contributed by atoms with Gasteiger partial charge in [0.15, 0.2) is 5.69 Å². The number of nitrogens with one attached hydrogen (secondary N) is 1. The van der Waals surface area contributed by atoms with Crippen LogP contribution >= 0.6 is 0 Å². The fourth-order valence-electron chi connectivity index (χ4n) is 1.74. The lowest BCUT2D eigenvalue weighted by Gasteiger charge is -2.07. The van der Waals surface area contributed by atoms with Crippen LogP contribution in [0.4, 0.5) is 0 Å². The van der Waals surface area contributed by atoms with Crippen molar-refractivity contribution >= 4 is 5.91 Å². The van der Waals surface area contributed by atoms with Crippen LogP contribution in [0, 0.1) is 6.92 Å². The van der Waals surface area contributed by atoms with E-state index in [9.17, 15) is 4.79 Å².